The number of halogens is 1. The van der Waals surface area contributed by atoms with Crippen LogP contribution >= 0.6 is 0 Å². The van der Waals surface area contributed by atoms with E-state index in [1.165, 1.54) is 29.7 Å². The van der Waals surface area contributed by atoms with Crippen molar-refractivity contribution in [2.75, 3.05) is 38.4 Å². The second-order valence-corrected chi connectivity index (χ2v) is 10.9. The number of sulfonamides is 1. The Labute approximate surface area is 218 Å². The van der Waals surface area contributed by atoms with Crippen LogP contribution in [0.1, 0.15) is 34.5 Å². The molecule has 0 atom stereocenters. The highest BCUT2D eigenvalue weighted by Crippen LogP contribution is 2.33. The molecule has 2 N–H and O–H groups in total. The molecule has 4 rings (SSSR count). The fourth-order valence-electron chi connectivity index (χ4n) is 4.17. The number of hydrogen-bond acceptors (Lipinski definition) is 9. The summed E-state index contributed by atoms with van der Waals surface area (Å²) in [4.78, 5) is 33.8. The molecule has 0 bridgehead atoms. The van der Waals surface area contributed by atoms with Gasteiger partial charge in [0.15, 0.2) is 11.4 Å². The third-order valence-corrected chi connectivity index (χ3v) is 7.37. The first-order chi connectivity index (χ1) is 18.0. The molecule has 1 saturated heterocycles. The number of rotatable bonds is 8. The van der Waals surface area contributed by atoms with Crippen molar-refractivity contribution in [1.29, 1.82) is 0 Å². The van der Waals surface area contributed by atoms with Gasteiger partial charge in [-0.15, -0.1) is 0 Å². The van der Waals surface area contributed by atoms with Crippen molar-refractivity contribution in [1.82, 2.24) is 14.3 Å². The zero-order chi connectivity index (χ0) is 27.4. The van der Waals surface area contributed by atoms with Crippen molar-refractivity contribution in [2.24, 2.45) is 0 Å². The molecule has 1 amide bonds. The first kappa shape index (κ1) is 27.4. The zero-order valence-electron chi connectivity index (χ0n) is 20.8. The van der Waals surface area contributed by atoms with Crippen LogP contribution in [0.3, 0.4) is 0 Å². The molecular formula is C25H27FN4O7S. The smallest absolute Gasteiger partial charge is 0.361 e. The first-order valence-corrected chi connectivity index (χ1v) is 13.6. The summed E-state index contributed by atoms with van der Waals surface area (Å²) < 4.78 is 48.4. The molecule has 1 fully saturated rings. The van der Waals surface area contributed by atoms with Gasteiger partial charge in [0.25, 0.3) is 5.91 Å². The van der Waals surface area contributed by atoms with E-state index in [0.717, 1.165) is 11.8 Å². The molecule has 2 aromatic heterocycles. The maximum atomic E-state index is 13.3. The third kappa shape index (κ3) is 6.41. The van der Waals surface area contributed by atoms with Crippen molar-refractivity contribution in [3.63, 3.8) is 0 Å². The Morgan fingerprint density at radius 1 is 1.18 bits per heavy atom. The van der Waals surface area contributed by atoms with E-state index >= 15 is 0 Å². The molecule has 0 unspecified atom stereocenters. The van der Waals surface area contributed by atoms with E-state index in [9.17, 15) is 27.5 Å². The van der Waals surface area contributed by atoms with Crippen molar-refractivity contribution in [2.45, 2.75) is 25.4 Å². The van der Waals surface area contributed by atoms with Gasteiger partial charge in [0.2, 0.25) is 10.0 Å². The Hall–Kier alpha value is -3.68. The molecule has 1 aliphatic rings. The van der Waals surface area contributed by atoms with E-state index in [2.05, 4.69) is 15.3 Å². The van der Waals surface area contributed by atoms with E-state index in [0.29, 0.717) is 12.0 Å². The molecule has 0 aliphatic carbocycles. The number of ether oxygens (including phenoxy) is 2. The number of nitrogens with one attached hydrogen (secondary N) is 1. The molecule has 11 nitrogen and oxygen atoms in total. The van der Waals surface area contributed by atoms with Gasteiger partial charge in [-0.05, 0) is 48.6 Å². The maximum Gasteiger partial charge on any atom is 0.361 e. The zero-order valence-corrected chi connectivity index (χ0v) is 21.6. The quantitative estimate of drug-likeness (QED) is 0.406. The van der Waals surface area contributed by atoms with Crippen LogP contribution in [-0.2, 0) is 30.7 Å². The molecule has 13 heteroatoms. The molecule has 3 heterocycles. The van der Waals surface area contributed by atoms with Gasteiger partial charge in [-0.2, -0.15) is 0 Å². The average molecular weight is 547 g/mol. The number of piperidine rings is 1. The second-order valence-electron chi connectivity index (χ2n) is 8.95. The van der Waals surface area contributed by atoms with Crippen LogP contribution in [0.5, 0.6) is 5.75 Å². The summed E-state index contributed by atoms with van der Waals surface area (Å²) >= 11 is 0. The number of fused-ring (bicyclic) bond motifs is 1. The summed E-state index contributed by atoms with van der Waals surface area (Å²) in [6, 6.07) is 7.62. The molecule has 3 aromatic rings. The number of pyridine rings is 2. The number of methoxy groups -OCH3 is 1. The highest BCUT2D eigenvalue weighted by atomic mass is 32.2. The summed E-state index contributed by atoms with van der Waals surface area (Å²) in [5.74, 6) is -2.36. The molecule has 202 valence electrons. The summed E-state index contributed by atoms with van der Waals surface area (Å²) in [5, 5.41) is 13.7. The monoisotopic (exact) mass is 546 g/mol. The largest absolute Gasteiger partial charge is 0.504 e. The van der Waals surface area contributed by atoms with Crippen LogP contribution in [0.15, 0.2) is 36.5 Å². The van der Waals surface area contributed by atoms with Gasteiger partial charge in [-0.3, -0.25) is 9.78 Å². The molecule has 38 heavy (non-hydrogen) atoms. The van der Waals surface area contributed by atoms with Gasteiger partial charge < -0.3 is 19.9 Å². The van der Waals surface area contributed by atoms with Crippen LogP contribution in [0, 0.1) is 5.82 Å². The van der Waals surface area contributed by atoms with Gasteiger partial charge in [0, 0.05) is 31.8 Å². The lowest BCUT2D eigenvalue weighted by Crippen LogP contribution is -2.40. The Bertz CT molecular complexity index is 1460. The van der Waals surface area contributed by atoms with Crippen LogP contribution in [0.4, 0.5) is 10.2 Å². The number of carbonyl (C=O) groups excluding carboxylic acids is 2. The highest BCUT2D eigenvalue weighted by Gasteiger charge is 2.29. The summed E-state index contributed by atoms with van der Waals surface area (Å²) in [6.07, 6.45) is 3.02. The number of amides is 1. The van der Waals surface area contributed by atoms with Crippen molar-refractivity contribution in [3.8, 4) is 5.75 Å². The van der Waals surface area contributed by atoms with Gasteiger partial charge in [0.1, 0.15) is 29.9 Å². The number of esters is 1. The van der Waals surface area contributed by atoms with Gasteiger partial charge in [0.05, 0.1) is 6.26 Å². The normalized spacial score (nSPS) is 14.9. The number of nitrogens with zero attached hydrogens (tertiary/aromatic N) is 3. The van der Waals surface area contributed by atoms with E-state index in [-0.39, 0.29) is 55.1 Å². The molecule has 1 aliphatic heterocycles. The molecular weight excluding hydrogens is 519 g/mol. The topological polar surface area (TPSA) is 148 Å². The van der Waals surface area contributed by atoms with Gasteiger partial charge in [-0.25, -0.2) is 26.9 Å². The summed E-state index contributed by atoms with van der Waals surface area (Å²) in [5.41, 5.74) is 1.10. The van der Waals surface area contributed by atoms with Crippen molar-refractivity contribution >= 4 is 38.6 Å². The number of hydrogen-bond donors (Lipinski definition) is 2. The number of benzene rings is 1. The predicted molar refractivity (Wildman–Crippen MR) is 136 cm³/mol. The van der Waals surface area contributed by atoms with Crippen LogP contribution < -0.4 is 5.32 Å². The van der Waals surface area contributed by atoms with Gasteiger partial charge >= 0.3 is 5.97 Å². The first-order valence-electron chi connectivity index (χ1n) is 11.8. The summed E-state index contributed by atoms with van der Waals surface area (Å²) in [7, 11) is -1.99. The third-order valence-electron chi connectivity index (χ3n) is 6.06. The minimum absolute atomic E-state index is 0.0212. The Balaban J connectivity index is 1.63. The lowest BCUT2D eigenvalue weighted by molar-refractivity contribution is -0.119. The molecule has 0 radical (unpaired) electrons. The lowest BCUT2D eigenvalue weighted by Gasteiger charge is -2.29. The van der Waals surface area contributed by atoms with E-state index < -0.39 is 39.4 Å². The van der Waals surface area contributed by atoms with E-state index in [4.69, 9.17) is 9.47 Å². The number of aromatic hydroxyl groups is 1. The van der Waals surface area contributed by atoms with E-state index in [1.54, 1.807) is 18.2 Å². The van der Waals surface area contributed by atoms with Gasteiger partial charge in [-0.1, -0.05) is 12.1 Å². The van der Waals surface area contributed by atoms with Crippen LogP contribution in [0.2, 0.25) is 0 Å². The van der Waals surface area contributed by atoms with Crippen LogP contribution in [-0.4, -0.2) is 78.8 Å². The second kappa shape index (κ2) is 11.4. The summed E-state index contributed by atoms with van der Waals surface area (Å²) in [6.45, 7) is 0.126. The minimum Gasteiger partial charge on any atom is -0.504 e. The molecule has 0 spiro atoms. The van der Waals surface area contributed by atoms with E-state index in [1.807, 2.05) is 0 Å². The minimum atomic E-state index is -3.34. The highest BCUT2D eigenvalue weighted by molar-refractivity contribution is 7.88. The number of aromatic nitrogens is 2. The SMILES string of the molecule is COCC(=O)Nc1nc(C(=O)OC2CCN(S(C)(=O)=O)CC2)c(O)c2ncc(Cc3ccc(F)cc3)cc12. The van der Waals surface area contributed by atoms with Crippen molar-refractivity contribution in [3.05, 3.63) is 59.2 Å². The predicted octanol–water partition coefficient (Wildman–Crippen LogP) is 2.23. The van der Waals surface area contributed by atoms with Crippen LogP contribution in [0.25, 0.3) is 10.9 Å². The lowest BCUT2D eigenvalue weighted by atomic mass is 10.0. The Kier molecular flexibility index (Phi) is 8.19. The van der Waals surface area contributed by atoms with Crippen molar-refractivity contribution < 1.29 is 37.0 Å². The molecule has 1 aromatic carbocycles. The number of carbonyl (C=O) groups is 2. The standard InChI is InChI=1S/C25H27FN4O7S/c1-36-14-20(31)28-24-19-12-16(11-15-3-5-17(26)6-4-15)13-27-21(19)23(32)22(29-24)25(33)37-18-7-9-30(10-8-18)38(2,34)35/h3-6,12-13,18,32H,7-11,14H2,1-2H3,(H,28,29,31). The number of anilines is 1. The maximum absolute atomic E-state index is 13.3. The Morgan fingerprint density at radius 2 is 1.87 bits per heavy atom. The Morgan fingerprint density at radius 3 is 2.50 bits per heavy atom. The average Bonchev–Trinajstić information content (AvgIpc) is 2.87. The molecule has 0 saturated carbocycles. The fraction of sp³-hybridized carbons (Fsp3) is 0.360. The fourth-order valence-corrected chi connectivity index (χ4v) is 5.05.